The molecule has 0 bridgehead atoms. The smallest absolute Gasteiger partial charge is 0.314 e. The Bertz CT molecular complexity index is 345. The molecule has 0 aromatic carbocycles. The van der Waals surface area contributed by atoms with Crippen LogP contribution in [0.4, 0.5) is 4.79 Å². The first kappa shape index (κ1) is 15.3. The zero-order valence-electron chi connectivity index (χ0n) is 11.0. The first-order chi connectivity index (χ1) is 9.04. The Morgan fingerprint density at radius 2 is 2.00 bits per heavy atom. The molecular weight excluding hydrogens is 252 g/mol. The molecule has 7 nitrogen and oxygen atoms in total. The molecule has 108 valence electrons. The summed E-state index contributed by atoms with van der Waals surface area (Å²) in [5.41, 5.74) is 0. The number of nitrogens with one attached hydrogen (secondary N) is 2. The van der Waals surface area contributed by atoms with Gasteiger partial charge in [0.1, 0.15) is 0 Å². The Hall–Kier alpha value is -1.79. The summed E-state index contributed by atoms with van der Waals surface area (Å²) in [5, 5.41) is 14.2. The summed E-state index contributed by atoms with van der Waals surface area (Å²) in [6.07, 6.45) is 2.49. The molecule has 0 aliphatic heterocycles. The van der Waals surface area contributed by atoms with Crippen LogP contribution in [-0.4, -0.2) is 43.3 Å². The van der Waals surface area contributed by atoms with E-state index in [1.807, 2.05) is 0 Å². The van der Waals surface area contributed by atoms with Crippen molar-refractivity contribution in [3.05, 3.63) is 0 Å². The molecule has 0 aromatic heterocycles. The Kier molecular flexibility index (Phi) is 6.11. The lowest BCUT2D eigenvalue weighted by Gasteiger charge is -2.16. The minimum Gasteiger partial charge on any atom is -0.481 e. The molecule has 2 atom stereocenters. The van der Waals surface area contributed by atoms with Crippen molar-refractivity contribution in [2.75, 3.05) is 20.2 Å². The summed E-state index contributed by atoms with van der Waals surface area (Å²) in [5.74, 6) is -1.56. The zero-order chi connectivity index (χ0) is 14.3. The van der Waals surface area contributed by atoms with Crippen molar-refractivity contribution in [2.45, 2.75) is 25.7 Å². The number of carbonyl (C=O) groups is 3. The highest BCUT2D eigenvalue weighted by Gasteiger charge is 2.32. The normalized spacial score (nSPS) is 21.7. The molecule has 0 radical (unpaired) electrons. The minimum absolute atomic E-state index is 0.0103. The molecule has 0 heterocycles. The van der Waals surface area contributed by atoms with Gasteiger partial charge in [-0.05, 0) is 18.8 Å². The molecule has 3 N–H and O–H groups in total. The predicted octanol–water partition coefficient (Wildman–Crippen LogP) is 0.350. The van der Waals surface area contributed by atoms with Crippen LogP contribution >= 0.6 is 0 Å². The van der Waals surface area contributed by atoms with Gasteiger partial charge in [0.25, 0.3) is 0 Å². The first-order valence-corrected chi connectivity index (χ1v) is 6.36. The van der Waals surface area contributed by atoms with Crippen LogP contribution in [0.3, 0.4) is 0 Å². The maximum absolute atomic E-state index is 11.4. The average Bonchev–Trinajstić information content (AvgIpc) is 2.84. The van der Waals surface area contributed by atoms with Gasteiger partial charge in [0.05, 0.1) is 19.4 Å². The lowest BCUT2D eigenvalue weighted by Crippen LogP contribution is -2.40. The van der Waals surface area contributed by atoms with Crippen molar-refractivity contribution in [1.29, 1.82) is 0 Å². The van der Waals surface area contributed by atoms with Crippen LogP contribution in [0.1, 0.15) is 25.7 Å². The van der Waals surface area contributed by atoms with Crippen LogP contribution in [0, 0.1) is 11.8 Å². The average molecular weight is 272 g/mol. The second kappa shape index (κ2) is 7.60. The molecule has 0 aromatic rings. The van der Waals surface area contributed by atoms with Gasteiger partial charge >= 0.3 is 18.0 Å². The van der Waals surface area contributed by atoms with Crippen molar-refractivity contribution in [3.63, 3.8) is 0 Å². The molecule has 1 aliphatic carbocycles. The van der Waals surface area contributed by atoms with Crippen LogP contribution in [0.25, 0.3) is 0 Å². The molecule has 7 heteroatoms. The number of aliphatic carboxylic acids is 1. The summed E-state index contributed by atoms with van der Waals surface area (Å²) < 4.78 is 4.44. The number of carboxylic acid groups (broad SMARTS) is 1. The molecule has 1 saturated carbocycles. The maximum atomic E-state index is 11.4. The third-order valence-corrected chi connectivity index (χ3v) is 3.34. The molecule has 0 spiro atoms. The van der Waals surface area contributed by atoms with Crippen LogP contribution in [0.5, 0.6) is 0 Å². The van der Waals surface area contributed by atoms with Crippen molar-refractivity contribution in [3.8, 4) is 0 Å². The maximum Gasteiger partial charge on any atom is 0.314 e. The largest absolute Gasteiger partial charge is 0.481 e. The number of hydrogen-bond donors (Lipinski definition) is 3. The molecule has 1 rings (SSSR count). The highest BCUT2D eigenvalue weighted by molar-refractivity contribution is 5.75. The van der Waals surface area contributed by atoms with Crippen molar-refractivity contribution < 1.29 is 24.2 Å². The number of urea groups is 1. The number of esters is 1. The lowest BCUT2D eigenvalue weighted by molar-refractivity contribution is -0.143. The summed E-state index contributed by atoms with van der Waals surface area (Å²) in [6.45, 7) is 0.548. The molecule has 1 fully saturated rings. The van der Waals surface area contributed by atoms with E-state index in [9.17, 15) is 14.4 Å². The zero-order valence-corrected chi connectivity index (χ0v) is 11.0. The highest BCUT2D eigenvalue weighted by Crippen LogP contribution is 2.31. The van der Waals surface area contributed by atoms with Crippen LogP contribution in [-0.2, 0) is 14.3 Å². The molecule has 19 heavy (non-hydrogen) atoms. The Labute approximate surface area is 111 Å². The number of amides is 2. The van der Waals surface area contributed by atoms with Gasteiger partial charge in [-0.1, -0.05) is 6.42 Å². The summed E-state index contributed by atoms with van der Waals surface area (Å²) >= 11 is 0. The molecule has 0 saturated heterocycles. The third kappa shape index (κ3) is 5.15. The topological polar surface area (TPSA) is 105 Å². The number of rotatable bonds is 6. The molecule has 2 unspecified atom stereocenters. The van der Waals surface area contributed by atoms with E-state index in [1.165, 1.54) is 7.11 Å². The van der Waals surface area contributed by atoms with Crippen LogP contribution in [0.15, 0.2) is 0 Å². The SMILES string of the molecule is COC(=O)CCNC(=O)NCC1CCCC1C(=O)O. The fourth-order valence-electron chi connectivity index (χ4n) is 2.27. The van der Waals surface area contributed by atoms with E-state index >= 15 is 0 Å². The van der Waals surface area contributed by atoms with E-state index in [0.717, 1.165) is 12.8 Å². The number of ether oxygens (including phenoxy) is 1. The van der Waals surface area contributed by atoms with Crippen LogP contribution in [0.2, 0.25) is 0 Å². The van der Waals surface area contributed by atoms with E-state index in [4.69, 9.17) is 5.11 Å². The number of hydrogen-bond acceptors (Lipinski definition) is 4. The summed E-state index contributed by atoms with van der Waals surface area (Å²) in [6, 6.07) is -0.389. The van der Waals surface area contributed by atoms with E-state index in [-0.39, 0.29) is 36.8 Å². The van der Waals surface area contributed by atoms with Crippen LogP contribution < -0.4 is 10.6 Å². The van der Waals surface area contributed by atoms with Gasteiger partial charge in [-0.15, -0.1) is 0 Å². The van der Waals surface area contributed by atoms with Crippen molar-refractivity contribution in [2.24, 2.45) is 11.8 Å². The summed E-state index contributed by atoms with van der Waals surface area (Å²) in [4.78, 5) is 33.2. The monoisotopic (exact) mass is 272 g/mol. The molecular formula is C12H20N2O5. The van der Waals surface area contributed by atoms with Crippen molar-refractivity contribution >= 4 is 18.0 Å². The Morgan fingerprint density at radius 3 is 2.63 bits per heavy atom. The number of methoxy groups -OCH3 is 1. The van der Waals surface area contributed by atoms with Gasteiger partial charge < -0.3 is 20.5 Å². The second-order valence-corrected chi connectivity index (χ2v) is 4.60. The van der Waals surface area contributed by atoms with Gasteiger partial charge in [-0.3, -0.25) is 9.59 Å². The molecule has 1 aliphatic rings. The number of carbonyl (C=O) groups excluding carboxylic acids is 2. The van der Waals surface area contributed by atoms with Gasteiger partial charge in [0.2, 0.25) is 0 Å². The quantitative estimate of drug-likeness (QED) is 0.605. The Morgan fingerprint density at radius 1 is 1.26 bits per heavy atom. The minimum atomic E-state index is -0.796. The van der Waals surface area contributed by atoms with E-state index in [2.05, 4.69) is 15.4 Å². The standard InChI is InChI=1S/C12H20N2O5/c1-19-10(15)5-6-13-12(18)14-7-8-3-2-4-9(8)11(16)17/h8-9H,2-7H2,1H3,(H,16,17)(H2,13,14,18). The van der Waals surface area contributed by atoms with E-state index in [1.54, 1.807) is 0 Å². The van der Waals surface area contributed by atoms with E-state index in [0.29, 0.717) is 13.0 Å². The van der Waals surface area contributed by atoms with Gasteiger partial charge in [0.15, 0.2) is 0 Å². The fourth-order valence-corrected chi connectivity index (χ4v) is 2.27. The summed E-state index contributed by atoms with van der Waals surface area (Å²) in [7, 11) is 1.29. The second-order valence-electron chi connectivity index (χ2n) is 4.60. The van der Waals surface area contributed by atoms with Gasteiger partial charge in [-0.25, -0.2) is 4.79 Å². The third-order valence-electron chi connectivity index (χ3n) is 3.34. The van der Waals surface area contributed by atoms with Gasteiger partial charge in [-0.2, -0.15) is 0 Å². The fraction of sp³-hybridized carbons (Fsp3) is 0.750. The predicted molar refractivity (Wildman–Crippen MR) is 66.5 cm³/mol. The highest BCUT2D eigenvalue weighted by atomic mass is 16.5. The number of carboxylic acids is 1. The molecule has 2 amide bonds. The van der Waals surface area contributed by atoms with Gasteiger partial charge in [0, 0.05) is 13.1 Å². The first-order valence-electron chi connectivity index (χ1n) is 6.36. The van der Waals surface area contributed by atoms with E-state index < -0.39 is 5.97 Å². The van der Waals surface area contributed by atoms with Crippen molar-refractivity contribution in [1.82, 2.24) is 10.6 Å². The Balaban J connectivity index is 2.19. The lowest BCUT2D eigenvalue weighted by atomic mass is 9.96.